The van der Waals surface area contributed by atoms with Crippen LogP contribution in [-0.4, -0.2) is 12.6 Å². The van der Waals surface area contributed by atoms with Gasteiger partial charge in [-0.25, -0.2) is 0 Å². The number of anilines is 2. The Kier molecular flexibility index (Phi) is 5.13. The smallest absolute Gasteiger partial charge is 0.123 e. The summed E-state index contributed by atoms with van der Waals surface area (Å²) in [5.41, 5.74) is 7.61. The molecule has 0 saturated heterocycles. The molecule has 0 radical (unpaired) electrons. The summed E-state index contributed by atoms with van der Waals surface area (Å²) in [6, 6.07) is 5.79. The molecule has 0 aliphatic carbocycles. The van der Waals surface area contributed by atoms with Crippen LogP contribution in [0.3, 0.4) is 0 Å². The van der Waals surface area contributed by atoms with Crippen LogP contribution in [0.4, 0.5) is 11.4 Å². The number of benzene rings is 1. The van der Waals surface area contributed by atoms with E-state index in [1.165, 1.54) is 6.42 Å². The van der Waals surface area contributed by atoms with E-state index in [1.807, 2.05) is 32.0 Å². The first-order valence-corrected chi connectivity index (χ1v) is 6.32. The summed E-state index contributed by atoms with van der Waals surface area (Å²) >= 11 is 0. The summed E-state index contributed by atoms with van der Waals surface area (Å²) in [5.74, 6) is 1.48. The minimum atomic E-state index is 0.166. The lowest BCUT2D eigenvalue weighted by Gasteiger charge is -2.15. The molecule has 0 bridgehead atoms. The highest BCUT2D eigenvalue weighted by molar-refractivity contribution is 5.59. The molecule has 1 atom stereocenters. The van der Waals surface area contributed by atoms with Crippen LogP contribution < -0.4 is 15.8 Å². The zero-order valence-electron chi connectivity index (χ0n) is 11.3. The van der Waals surface area contributed by atoms with E-state index >= 15 is 0 Å². The van der Waals surface area contributed by atoms with Crippen molar-refractivity contribution in [1.82, 2.24) is 0 Å². The van der Waals surface area contributed by atoms with Crippen LogP contribution in [0.15, 0.2) is 18.2 Å². The van der Waals surface area contributed by atoms with Crippen LogP contribution in [-0.2, 0) is 0 Å². The molecule has 0 aromatic heterocycles. The summed E-state index contributed by atoms with van der Waals surface area (Å²) in [4.78, 5) is 0. The molecule has 0 aliphatic heterocycles. The van der Waals surface area contributed by atoms with Gasteiger partial charge in [0.15, 0.2) is 0 Å². The van der Waals surface area contributed by atoms with Gasteiger partial charge in [-0.3, -0.25) is 0 Å². The average Bonchev–Trinajstić information content (AvgIpc) is 2.24. The standard InChI is InChI=1S/C14H24N2O/c1-5-11(4)9-16-13-6-12(15)7-14(8-13)17-10(2)3/h6-8,10-11,16H,5,9,15H2,1-4H3. The summed E-state index contributed by atoms with van der Waals surface area (Å²) in [6.45, 7) is 9.40. The maximum Gasteiger partial charge on any atom is 0.123 e. The van der Waals surface area contributed by atoms with Gasteiger partial charge in [-0.15, -0.1) is 0 Å². The fourth-order valence-corrected chi connectivity index (χ4v) is 1.50. The molecular formula is C14H24N2O. The van der Waals surface area contributed by atoms with Gasteiger partial charge in [0, 0.05) is 30.1 Å². The third kappa shape index (κ3) is 4.98. The Morgan fingerprint density at radius 2 is 1.94 bits per heavy atom. The molecule has 0 amide bonds. The number of ether oxygens (including phenoxy) is 1. The van der Waals surface area contributed by atoms with E-state index in [0.29, 0.717) is 5.92 Å². The Bertz CT molecular complexity index is 350. The molecule has 1 rings (SSSR count). The van der Waals surface area contributed by atoms with Crippen molar-refractivity contribution in [3.8, 4) is 5.75 Å². The molecule has 1 aromatic carbocycles. The highest BCUT2D eigenvalue weighted by atomic mass is 16.5. The summed E-state index contributed by atoms with van der Waals surface area (Å²) in [7, 11) is 0. The minimum Gasteiger partial charge on any atom is -0.491 e. The average molecular weight is 236 g/mol. The van der Waals surface area contributed by atoms with E-state index < -0.39 is 0 Å². The topological polar surface area (TPSA) is 47.3 Å². The van der Waals surface area contributed by atoms with Crippen molar-refractivity contribution in [3.63, 3.8) is 0 Å². The number of hydrogen-bond acceptors (Lipinski definition) is 3. The quantitative estimate of drug-likeness (QED) is 0.743. The molecular weight excluding hydrogens is 212 g/mol. The van der Waals surface area contributed by atoms with Gasteiger partial charge in [-0.1, -0.05) is 20.3 Å². The zero-order chi connectivity index (χ0) is 12.8. The van der Waals surface area contributed by atoms with Crippen LogP contribution in [0.5, 0.6) is 5.75 Å². The van der Waals surface area contributed by atoms with Gasteiger partial charge in [0.25, 0.3) is 0 Å². The van der Waals surface area contributed by atoms with Crippen molar-refractivity contribution in [1.29, 1.82) is 0 Å². The molecule has 0 spiro atoms. The first kappa shape index (κ1) is 13.7. The van der Waals surface area contributed by atoms with Gasteiger partial charge in [-0.05, 0) is 25.8 Å². The highest BCUT2D eigenvalue weighted by Gasteiger charge is 2.03. The lowest BCUT2D eigenvalue weighted by atomic mass is 10.1. The third-order valence-corrected chi connectivity index (χ3v) is 2.65. The Hall–Kier alpha value is -1.38. The van der Waals surface area contributed by atoms with Crippen molar-refractivity contribution in [2.75, 3.05) is 17.6 Å². The number of nitrogens with one attached hydrogen (secondary N) is 1. The van der Waals surface area contributed by atoms with Crippen LogP contribution in [0.1, 0.15) is 34.1 Å². The minimum absolute atomic E-state index is 0.166. The first-order chi connectivity index (χ1) is 8.01. The number of hydrogen-bond donors (Lipinski definition) is 2. The maximum atomic E-state index is 5.85. The van der Waals surface area contributed by atoms with E-state index in [4.69, 9.17) is 10.5 Å². The van der Waals surface area contributed by atoms with Crippen LogP contribution in [0.25, 0.3) is 0 Å². The van der Waals surface area contributed by atoms with Crippen molar-refractivity contribution in [2.24, 2.45) is 5.92 Å². The van der Waals surface area contributed by atoms with Crippen molar-refractivity contribution >= 4 is 11.4 Å². The fraction of sp³-hybridized carbons (Fsp3) is 0.571. The van der Waals surface area contributed by atoms with E-state index in [2.05, 4.69) is 19.2 Å². The van der Waals surface area contributed by atoms with Gasteiger partial charge >= 0.3 is 0 Å². The van der Waals surface area contributed by atoms with E-state index in [9.17, 15) is 0 Å². The van der Waals surface area contributed by atoms with Gasteiger partial charge in [0.05, 0.1) is 6.10 Å². The molecule has 1 unspecified atom stereocenters. The zero-order valence-corrected chi connectivity index (χ0v) is 11.3. The number of nitrogens with two attached hydrogens (primary N) is 1. The van der Waals surface area contributed by atoms with E-state index in [-0.39, 0.29) is 6.10 Å². The third-order valence-electron chi connectivity index (χ3n) is 2.65. The molecule has 0 fully saturated rings. The molecule has 0 heterocycles. The Morgan fingerprint density at radius 1 is 1.24 bits per heavy atom. The molecule has 17 heavy (non-hydrogen) atoms. The fourth-order valence-electron chi connectivity index (χ4n) is 1.50. The summed E-state index contributed by atoms with van der Waals surface area (Å²) in [6.07, 6.45) is 1.34. The van der Waals surface area contributed by atoms with Gasteiger partial charge in [0.2, 0.25) is 0 Å². The van der Waals surface area contributed by atoms with Crippen LogP contribution >= 0.6 is 0 Å². The Morgan fingerprint density at radius 3 is 2.53 bits per heavy atom. The van der Waals surface area contributed by atoms with Gasteiger partial charge in [0.1, 0.15) is 5.75 Å². The Labute approximate surface area is 104 Å². The van der Waals surface area contributed by atoms with Gasteiger partial charge < -0.3 is 15.8 Å². The van der Waals surface area contributed by atoms with Crippen LogP contribution in [0.2, 0.25) is 0 Å². The summed E-state index contributed by atoms with van der Waals surface area (Å²) in [5, 5.41) is 3.39. The summed E-state index contributed by atoms with van der Waals surface area (Å²) < 4.78 is 5.65. The molecule has 0 saturated carbocycles. The van der Waals surface area contributed by atoms with E-state index in [0.717, 1.165) is 23.7 Å². The monoisotopic (exact) mass is 236 g/mol. The predicted molar refractivity (Wildman–Crippen MR) is 74.6 cm³/mol. The molecule has 1 aromatic rings. The maximum absolute atomic E-state index is 5.85. The van der Waals surface area contributed by atoms with E-state index in [1.54, 1.807) is 0 Å². The number of nitrogen functional groups attached to an aromatic ring is 1. The lowest BCUT2D eigenvalue weighted by Crippen LogP contribution is -2.11. The molecule has 3 N–H and O–H groups in total. The molecule has 3 nitrogen and oxygen atoms in total. The van der Waals surface area contributed by atoms with Crippen molar-refractivity contribution < 1.29 is 4.74 Å². The highest BCUT2D eigenvalue weighted by Crippen LogP contribution is 2.23. The number of rotatable bonds is 6. The normalized spacial score (nSPS) is 12.5. The largest absolute Gasteiger partial charge is 0.491 e. The predicted octanol–water partition coefficient (Wildman–Crippen LogP) is 3.51. The molecule has 3 heteroatoms. The van der Waals surface area contributed by atoms with Gasteiger partial charge in [-0.2, -0.15) is 0 Å². The molecule has 0 aliphatic rings. The molecule has 96 valence electrons. The van der Waals surface area contributed by atoms with Crippen molar-refractivity contribution in [3.05, 3.63) is 18.2 Å². The second-order valence-corrected chi connectivity index (χ2v) is 4.85. The van der Waals surface area contributed by atoms with Crippen molar-refractivity contribution in [2.45, 2.75) is 40.2 Å². The first-order valence-electron chi connectivity index (χ1n) is 6.32. The van der Waals surface area contributed by atoms with Crippen LogP contribution in [0, 0.1) is 5.92 Å². The second-order valence-electron chi connectivity index (χ2n) is 4.85. The Balaban J connectivity index is 2.68. The SMILES string of the molecule is CCC(C)CNc1cc(N)cc(OC(C)C)c1. The second kappa shape index (κ2) is 6.38. The lowest BCUT2D eigenvalue weighted by molar-refractivity contribution is 0.242.